The molecule has 3 heterocycles. The van der Waals surface area contributed by atoms with E-state index in [9.17, 15) is 13.2 Å². The summed E-state index contributed by atoms with van der Waals surface area (Å²) in [6.07, 6.45) is 0.510. The highest BCUT2D eigenvalue weighted by molar-refractivity contribution is 6.08. The van der Waals surface area contributed by atoms with E-state index in [2.05, 4.69) is 20.4 Å². The minimum Gasteiger partial charge on any atom is -0.399 e. The van der Waals surface area contributed by atoms with Gasteiger partial charge in [0, 0.05) is 41.6 Å². The molecular formula is C21H16F3N7. The number of alkyl halides is 3. The second-order valence-corrected chi connectivity index (χ2v) is 7.12. The summed E-state index contributed by atoms with van der Waals surface area (Å²) >= 11 is 0. The summed E-state index contributed by atoms with van der Waals surface area (Å²) in [6.45, 7) is 0. The summed E-state index contributed by atoms with van der Waals surface area (Å²) in [4.78, 5) is 8.93. The van der Waals surface area contributed by atoms with Gasteiger partial charge in [0.2, 0.25) is 5.95 Å². The normalized spacial score (nSPS) is 12.0. The molecule has 0 amide bonds. The minimum atomic E-state index is -4.47. The highest BCUT2D eigenvalue weighted by Crippen LogP contribution is 2.36. The summed E-state index contributed by atoms with van der Waals surface area (Å²) in [5.41, 5.74) is 7.80. The first-order chi connectivity index (χ1) is 14.8. The number of nitrogens with zero attached hydrogens (tertiary/aromatic N) is 5. The molecular weight excluding hydrogens is 407 g/mol. The summed E-state index contributed by atoms with van der Waals surface area (Å²) in [5, 5.41) is 8.39. The number of hydrogen-bond donors (Lipinski definition) is 2. The zero-order chi connectivity index (χ0) is 21.8. The number of nitrogens with two attached hydrogens (primary N) is 1. The highest BCUT2D eigenvalue weighted by atomic mass is 19.4. The maximum absolute atomic E-state index is 13.4. The summed E-state index contributed by atoms with van der Waals surface area (Å²) in [7, 11) is 1.78. The Labute approximate surface area is 173 Å². The van der Waals surface area contributed by atoms with Crippen molar-refractivity contribution in [1.29, 1.82) is 0 Å². The van der Waals surface area contributed by atoms with Crippen LogP contribution in [-0.4, -0.2) is 24.3 Å². The highest BCUT2D eigenvalue weighted by Gasteiger charge is 2.31. The number of anilines is 3. The number of aryl methyl sites for hydroxylation is 1. The number of nitrogen functional groups attached to an aromatic ring is 1. The molecule has 0 aliphatic rings. The number of fused-ring (bicyclic) bond motifs is 3. The first kappa shape index (κ1) is 18.9. The van der Waals surface area contributed by atoms with E-state index < -0.39 is 11.7 Å². The van der Waals surface area contributed by atoms with Gasteiger partial charge in [-0.15, -0.1) is 0 Å². The van der Waals surface area contributed by atoms with Crippen molar-refractivity contribution in [3.8, 4) is 5.69 Å². The van der Waals surface area contributed by atoms with Gasteiger partial charge in [0.05, 0.1) is 23.0 Å². The number of halogens is 3. The third-order valence-electron chi connectivity index (χ3n) is 4.93. The second kappa shape index (κ2) is 6.73. The Kier molecular flexibility index (Phi) is 4.10. The van der Waals surface area contributed by atoms with Crippen molar-refractivity contribution in [3.05, 3.63) is 66.6 Å². The lowest BCUT2D eigenvalue weighted by Gasteiger charge is -2.10. The molecule has 7 nitrogen and oxygen atoms in total. The van der Waals surface area contributed by atoms with Gasteiger partial charge in [-0.2, -0.15) is 23.3 Å². The number of nitrogens with one attached hydrogen (secondary N) is 1. The van der Waals surface area contributed by atoms with E-state index >= 15 is 0 Å². The van der Waals surface area contributed by atoms with Crippen LogP contribution < -0.4 is 11.1 Å². The van der Waals surface area contributed by atoms with Gasteiger partial charge in [-0.3, -0.25) is 9.25 Å². The molecule has 10 heteroatoms. The van der Waals surface area contributed by atoms with Crippen LogP contribution in [0.15, 0.2) is 61.1 Å². The van der Waals surface area contributed by atoms with Crippen LogP contribution in [0.1, 0.15) is 5.56 Å². The standard InChI is InChI=1S/C21H16F3N7/c1-30-11-14(9-27-30)28-20-26-10-17-16-6-5-12(21(22,23)24)7-18(16)31(19(17)29-20)15-4-2-3-13(25)8-15/h2-11H,25H2,1H3,(H,26,28,29). The van der Waals surface area contributed by atoms with Crippen molar-refractivity contribution in [3.63, 3.8) is 0 Å². The molecule has 5 aromatic rings. The largest absolute Gasteiger partial charge is 0.416 e. The Bertz CT molecular complexity index is 1430. The molecule has 5 rings (SSSR count). The zero-order valence-electron chi connectivity index (χ0n) is 16.2. The van der Waals surface area contributed by atoms with Gasteiger partial charge >= 0.3 is 6.18 Å². The van der Waals surface area contributed by atoms with Crippen LogP contribution in [0.25, 0.3) is 27.6 Å². The summed E-state index contributed by atoms with van der Waals surface area (Å²) < 4.78 is 43.5. The van der Waals surface area contributed by atoms with E-state index in [0.29, 0.717) is 44.9 Å². The lowest BCUT2D eigenvalue weighted by atomic mass is 10.1. The fourth-order valence-electron chi connectivity index (χ4n) is 3.57. The van der Waals surface area contributed by atoms with E-state index in [1.165, 1.54) is 6.07 Å². The first-order valence-corrected chi connectivity index (χ1v) is 9.29. The maximum atomic E-state index is 13.4. The topological polar surface area (TPSA) is 86.6 Å². The van der Waals surface area contributed by atoms with E-state index in [-0.39, 0.29) is 0 Å². The van der Waals surface area contributed by atoms with Crippen molar-refractivity contribution in [2.75, 3.05) is 11.1 Å². The van der Waals surface area contributed by atoms with Crippen molar-refractivity contribution >= 4 is 39.3 Å². The quantitative estimate of drug-likeness (QED) is 0.413. The fraction of sp³-hybridized carbons (Fsp3) is 0.0952. The maximum Gasteiger partial charge on any atom is 0.416 e. The molecule has 3 aromatic heterocycles. The van der Waals surface area contributed by atoms with E-state index in [1.54, 1.807) is 59.2 Å². The van der Waals surface area contributed by atoms with Gasteiger partial charge in [0.15, 0.2) is 5.65 Å². The van der Waals surface area contributed by atoms with Crippen LogP contribution in [0.4, 0.5) is 30.5 Å². The van der Waals surface area contributed by atoms with Crippen LogP contribution >= 0.6 is 0 Å². The molecule has 3 N–H and O–H groups in total. The van der Waals surface area contributed by atoms with Crippen LogP contribution in [0.5, 0.6) is 0 Å². The first-order valence-electron chi connectivity index (χ1n) is 9.29. The lowest BCUT2D eigenvalue weighted by Crippen LogP contribution is -2.05. The Balaban J connectivity index is 1.78. The van der Waals surface area contributed by atoms with Crippen molar-refractivity contribution in [1.82, 2.24) is 24.3 Å². The third kappa shape index (κ3) is 3.31. The van der Waals surface area contributed by atoms with E-state index in [0.717, 1.165) is 12.1 Å². The SMILES string of the molecule is Cn1cc(Nc2ncc3c4ccc(C(F)(F)F)cc4n(-c4cccc(N)c4)c3n2)cn1. The number of benzene rings is 2. The number of aromatic nitrogens is 5. The molecule has 0 saturated carbocycles. The number of hydrogen-bond acceptors (Lipinski definition) is 5. The molecule has 0 bridgehead atoms. The Morgan fingerprint density at radius 1 is 1.03 bits per heavy atom. The summed E-state index contributed by atoms with van der Waals surface area (Å²) in [6, 6.07) is 10.5. The monoisotopic (exact) mass is 423 g/mol. The zero-order valence-corrected chi connectivity index (χ0v) is 16.2. The molecule has 0 spiro atoms. The predicted octanol–water partition coefficient (Wildman–Crippen LogP) is 4.65. The smallest absolute Gasteiger partial charge is 0.399 e. The predicted molar refractivity (Wildman–Crippen MR) is 112 cm³/mol. The third-order valence-corrected chi connectivity index (χ3v) is 4.93. The van der Waals surface area contributed by atoms with Gasteiger partial charge < -0.3 is 11.1 Å². The Morgan fingerprint density at radius 3 is 2.58 bits per heavy atom. The van der Waals surface area contributed by atoms with Gasteiger partial charge in [0.1, 0.15) is 0 Å². The van der Waals surface area contributed by atoms with Crippen molar-refractivity contribution < 1.29 is 13.2 Å². The van der Waals surface area contributed by atoms with Gasteiger partial charge in [0.25, 0.3) is 0 Å². The van der Waals surface area contributed by atoms with Gasteiger partial charge in [-0.1, -0.05) is 12.1 Å². The second-order valence-electron chi connectivity index (χ2n) is 7.12. The van der Waals surface area contributed by atoms with Crippen LogP contribution in [0.2, 0.25) is 0 Å². The Morgan fingerprint density at radius 2 is 1.87 bits per heavy atom. The molecule has 0 unspecified atom stereocenters. The molecule has 0 atom stereocenters. The average Bonchev–Trinajstić information content (AvgIpc) is 3.27. The minimum absolute atomic E-state index is 0.296. The van der Waals surface area contributed by atoms with Crippen LogP contribution in [0.3, 0.4) is 0 Å². The summed E-state index contributed by atoms with van der Waals surface area (Å²) in [5.74, 6) is 0.296. The van der Waals surface area contributed by atoms with Crippen LogP contribution in [-0.2, 0) is 13.2 Å². The average molecular weight is 423 g/mol. The molecule has 0 aliphatic carbocycles. The molecule has 0 fully saturated rings. The van der Waals surface area contributed by atoms with Gasteiger partial charge in [-0.05, 0) is 30.3 Å². The van der Waals surface area contributed by atoms with Crippen molar-refractivity contribution in [2.24, 2.45) is 7.05 Å². The molecule has 0 saturated heterocycles. The Hall–Kier alpha value is -4.08. The fourth-order valence-corrected chi connectivity index (χ4v) is 3.57. The van der Waals surface area contributed by atoms with E-state index in [1.807, 2.05) is 0 Å². The van der Waals surface area contributed by atoms with Crippen molar-refractivity contribution in [2.45, 2.75) is 6.18 Å². The molecule has 156 valence electrons. The van der Waals surface area contributed by atoms with Gasteiger partial charge in [-0.25, -0.2) is 4.98 Å². The number of rotatable bonds is 3. The molecule has 31 heavy (non-hydrogen) atoms. The lowest BCUT2D eigenvalue weighted by molar-refractivity contribution is -0.137. The molecule has 0 radical (unpaired) electrons. The molecule has 0 aliphatic heterocycles. The van der Waals surface area contributed by atoms with E-state index in [4.69, 9.17) is 5.73 Å². The molecule has 2 aromatic carbocycles. The van der Waals surface area contributed by atoms with Crippen LogP contribution in [0, 0.1) is 0 Å².